The minimum Gasteiger partial charge on any atom is -0.444 e. The highest BCUT2D eigenvalue weighted by molar-refractivity contribution is 5.04. The molecule has 0 saturated heterocycles. The Hall–Kier alpha value is -1.04. The molecule has 1 heterocycles. The van der Waals surface area contributed by atoms with Crippen molar-refractivity contribution in [2.45, 2.75) is 44.3 Å². The molecule has 0 bridgehead atoms. The highest BCUT2D eigenvalue weighted by Gasteiger charge is 2.43. The van der Waals surface area contributed by atoms with Crippen LogP contribution in [-0.4, -0.2) is 18.2 Å². The molecule has 0 spiro atoms. The fourth-order valence-electron chi connectivity index (χ4n) is 2.49. The van der Waals surface area contributed by atoms with Crippen molar-refractivity contribution in [3.05, 3.63) is 17.8 Å². The first-order valence-corrected chi connectivity index (χ1v) is 6.16. The molecule has 1 aliphatic carbocycles. The van der Waals surface area contributed by atoms with Crippen molar-refractivity contribution < 1.29 is 17.6 Å². The Balaban J connectivity index is 2.03. The second-order valence-corrected chi connectivity index (χ2v) is 4.79. The van der Waals surface area contributed by atoms with E-state index < -0.39 is 12.1 Å². The van der Waals surface area contributed by atoms with Gasteiger partial charge in [-0.1, -0.05) is 6.42 Å². The van der Waals surface area contributed by atoms with Gasteiger partial charge in [0.1, 0.15) is 5.76 Å². The Bertz CT molecular complexity index is 389. The zero-order chi connectivity index (χ0) is 13.2. The van der Waals surface area contributed by atoms with Crippen molar-refractivity contribution in [1.29, 1.82) is 0 Å². The van der Waals surface area contributed by atoms with Crippen LogP contribution in [0.25, 0.3) is 0 Å². The second kappa shape index (κ2) is 5.30. The van der Waals surface area contributed by atoms with E-state index in [1.165, 1.54) is 0 Å². The molecule has 18 heavy (non-hydrogen) atoms. The molecule has 1 aromatic heterocycles. The molecular formula is C12H17F3N2O. The summed E-state index contributed by atoms with van der Waals surface area (Å²) in [5.41, 5.74) is 0. The van der Waals surface area contributed by atoms with Gasteiger partial charge in [0.2, 0.25) is 5.89 Å². The SMILES string of the molecule is CNCc1ncc(C2CCCC(C(F)(F)F)C2)o1. The molecule has 1 aliphatic rings. The highest BCUT2D eigenvalue weighted by Crippen LogP contribution is 2.43. The van der Waals surface area contributed by atoms with Gasteiger partial charge < -0.3 is 9.73 Å². The van der Waals surface area contributed by atoms with Crippen LogP contribution < -0.4 is 5.32 Å². The van der Waals surface area contributed by atoms with Gasteiger partial charge in [0.25, 0.3) is 0 Å². The molecule has 2 unspecified atom stereocenters. The van der Waals surface area contributed by atoms with Crippen LogP contribution in [-0.2, 0) is 6.54 Å². The van der Waals surface area contributed by atoms with E-state index in [-0.39, 0.29) is 18.8 Å². The van der Waals surface area contributed by atoms with Crippen LogP contribution in [0.2, 0.25) is 0 Å². The third-order valence-electron chi connectivity index (χ3n) is 3.44. The first-order valence-electron chi connectivity index (χ1n) is 6.16. The lowest BCUT2D eigenvalue weighted by Crippen LogP contribution is -2.27. The quantitative estimate of drug-likeness (QED) is 0.908. The first kappa shape index (κ1) is 13.4. The van der Waals surface area contributed by atoms with Crippen LogP contribution in [0, 0.1) is 5.92 Å². The summed E-state index contributed by atoms with van der Waals surface area (Å²) in [5, 5.41) is 2.90. The summed E-state index contributed by atoms with van der Waals surface area (Å²) in [6.07, 6.45) is -0.824. The molecule has 0 radical (unpaired) electrons. The molecule has 3 nitrogen and oxygen atoms in total. The Morgan fingerprint density at radius 2 is 2.22 bits per heavy atom. The maximum atomic E-state index is 12.7. The van der Waals surface area contributed by atoms with Crippen molar-refractivity contribution in [3.8, 4) is 0 Å². The molecule has 1 saturated carbocycles. The van der Waals surface area contributed by atoms with Crippen molar-refractivity contribution >= 4 is 0 Å². The smallest absolute Gasteiger partial charge is 0.391 e. The molecule has 1 N–H and O–H groups in total. The normalized spacial score (nSPS) is 25.3. The van der Waals surface area contributed by atoms with Gasteiger partial charge in [0.15, 0.2) is 0 Å². The molecule has 0 aliphatic heterocycles. The zero-order valence-electron chi connectivity index (χ0n) is 10.3. The van der Waals surface area contributed by atoms with Crippen LogP contribution >= 0.6 is 0 Å². The summed E-state index contributed by atoms with van der Waals surface area (Å²) in [4.78, 5) is 4.06. The van der Waals surface area contributed by atoms with E-state index in [4.69, 9.17) is 4.42 Å². The fraction of sp³-hybridized carbons (Fsp3) is 0.750. The van der Waals surface area contributed by atoms with Gasteiger partial charge in [-0.05, 0) is 26.3 Å². The van der Waals surface area contributed by atoms with Crippen LogP contribution in [0.5, 0.6) is 0 Å². The largest absolute Gasteiger partial charge is 0.444 e. The van der Waals surface area contributed by atoms with E-state index in [0.717, 1.165) is 6.42 Å². The van der Waals surface area contributed by atoms with Crippen molar-refractivity contribution in [2.24, 2.45) is 5.92 Å². The van der Waals surface area contributed by atoms with E-state index in [9.17, 15) is 13.2 Å². The number of oxazole rings is 1. The van der Waals surface area contributed by atoms with Crippen molar-refractivity contribution in [3.63, 3.8) is 0 Å². The Morgan fingerprint density at radius 1 is 1.44 bits per heavy atom. The maximum absolute atomic E-state index is 12.7. The van der Waals surface area contributed by atoms with Gasteiger partial charge in [-0.2, -0.15) is 13.2 Å². The monoisotopic (exact) mass is 262 g/mol. The lowest BCUT2D eigenvalue weighted by atomic mass is 9.80. The number of rotatable bonds is 3. The highest BCUT2D eigenvalue weighted by atomic mass is 19.4. The Morgan fingerprint density at radius 3 is 2.89 bits per heavy atom. The third-order valence-corrected chi connectivity index (χ3v) is 3.44. The molecule has 1 fully saturated rings. The van der Waals surface area contributed by atoms with Gasteiger partial charge in [0.05, 0.1) is 18.7 Å². The Kier molecular flexibility index (Phi) is 3.94. The molecule has 6 heteroatoms. The van der Waals surface area contributed by atoms with Crippen LogP contribution in [0.3, 0.4) is 0 Å². The number of hydrogen-bond donors (Lipinski definition) is 1. The maximum Gasteiger partial charge on any atom is 0.391 e. The molecule has 0 amide bonds. The summed E-state index contributed by atoms with van der Waals surface area (Å²) in [6, 6.07) is 0. The van der Waals surface area contributed by atoms with Gasteiger partial charge in [-0.3, -0.25) is 0 Å². The predicted molar refractivity (Wildman–Crippen MR) is 60.0 cm³/mol. The van der Waals surface area contributed by atoms with Crippen molar-refractivity contribution in [1.82, 2.24) is 10.3 Å². The van der Waals surface area contributed by atoms with Gasteiger partial charge in [-0.25, -0.2) is 4.98 Å². The second-order valence-electron chi connectivity index (χ2n) is 4.79. The summed E-state index contributed by atoms with van der Waals surface area (Å²) in [7, 11) is 1.77. The molecule has 0 aromatic carbocycles. The topological polar surface area (TPSA) is 38.1 Å². The number of hydrogen-bond acceptors (Lipinski definition) is 3. The molecular weight excluding hydrogens is 245 g/mol. The number of nitrogens with one attached hydrogen (secondary N) is 1. The van der Waals surface area contributed by atoms with Gasteiger partial charge in [-0.15, -0.1) is 0 Å². The minimum absolute atomic E-state index is 0.123. The lowest BCUT2D eigenvalue weighted by Gasteiger charge is -2.29. The average Bonchev–Trinajstić information content (AvgIpc) is 2.77. The summed E-state index contributed by atoms with van der Waals surface area (Å²) >= 11 is 0. The fourth-order valence-corrected chi connectivity index (χ4v) is 2.49. The van der Waals surface area contributed by atoms with Crippen molar-refractivity contribution in [2.75, 3.05) is 7.05 Å². The van der Waals surface area contributed by atoms with E-state index in [2.05, 4.69) is 10.3 Å². The number of alkyl halides is 3. The van der Waals surface area contributed by atoms with E-state index in [0.29, 0.717) is 24.6 Å². The number of aromatic nitrogens is 1. The van der Waals surface area contributed by atoms with Crippen LogP contribution in [0.4, 0.5) is 13.2 Å². The van der Waals surface area contributed by atoms with Crippen LogP contribution in [0.15, 0.2) is 10.6 Å². The standard InChI is InChI=1S/C12H17F3N2O/c1-16-7-11-17-6-10(18-11)8-3-2-4-9(5-8)12(13,14)15/h6,8-9,16H,2-5,7H2,1H3. The Labute approximate surface area is 104 Å². The summed E-state index contributed by atoms with van der Waals surface area (Å²) in [5.74, 6) is -0.228. The van der Waals surface area contributed by atoms with E-state index >= 15 is 0 Å². The van der Waals surface area contributed by atoms with Gasteiger partial charge >= 0.3 is 6.18 Å². The molecule has 102 valence electrons. The molecule has 2 atom stereocenters. The zero-order valence-corrected chi connectivity index (χ0v) is 10.3. The van der Waals surface area contributed by atoms with Crippen LogP contribution in [0.1, 0.15) is 43.3 Å². The minimum atomic E-state index is -4.09. The molecule has 1 aromatic rings. The summed E-state index contributed by atoms with van der Waals surface area (Å²) in [6.45, 7) is 0.495. The summed E-state index contributed by atoms with van der Waals surface area (Å²) < 4.78 is 43.6. The average molecular weight is 262 g/mol. The number of nitrogens with zero attached hydrogens (tertiary/aromatic N) is 1. The van der Waals surface area contributed by atoms with E-state index in [1.54, 1.807) is 13.2 Å². The molecule has 2 rings (SSSR count). The first-order chi connectivity index (χ1) is 8.50. The number of halogens is 3. The third kappa shape index (κ3) is 3.04. The predicted octanol–water partition coefficient (Wildman–Crippen LogP) is 3.23. The lowest BCUT2D eigenvalue weighted by molar-refractivity contribution is -0.183. The van der Waals surface area contributed by atoms with Gasteiger partial charge in [0, 0.05) is 5.92 Å². The van der Waals surface area contributed by atoms with E-state index in [1.807, 2.05) is 0 Å².